The van der Waals surface area contributed by atoms with E-state index in [1.165, 1.54) is 18.2 Å². The lowest BCUT2D eigenvalue weighted by Crippen LogP contribution is -2.30. The normalized spacial score (nSPS) is 11.5. The molecule has 0 spiro atoms. The second-order valence-electron chi connectivity index (χ2n) is 6.17. The fourth-order valence-corrected chi connectivity index (χ4v) is 3.91. The summed E-state index contributed by atoms with van der Waals surface area (Å²) in [4.78, 5) is 12.0. The molecule has 2 aromatic carbocycles. The fraction of sp³-hybridized carbons (Fsp3) is 0.278. The average molecular weight is 431 g/mol. The van der Waals surface area contributed by atoms with Crippen LogP contribution in [0.4, 0.5) is 5.69 Å². The first-order valence-corrected chi connectivity index (χ1v) is 10.3. The summed E-state index contributed by atoms with van der Waals surface area (Å²) < 4.78 is 32.1. The lowest BCUT2D eigenvalue weighted by atomic mass is 10.2. The van der Waals surface area contributed by atoms with E-state index in [0.29, 0.717) is 10.7 Å². The Bertz CT molecular complexity index is 946. The Balaban J connectivity index is 2.01. The first-order valence-electron chi connectivity index (χ1n) is 8.09. The Morgan fingerprint density at radius 1 is 1.11 bits per heavy atom. The number of aryl methyl sites for hydroxylation is 1. The summed E-state index contributed by atoms with van der Waals surface area (Å²) in [6.45, 7) is 5.01. The molecule has 0 aliphatic carbocycles. The van der Waals surface area contributed by atoms with E-state index in [1.807, 2.05) is 6.92 Å². The van der Waals surface area contributed by atoms with E-state index in [2.05, 4.69) is 10.0 Å². The van der Waals surface area contributed by atoms with Crippen LogP contribution in [0.15, 0.2) is 41.3 Å². The van der Waals surface area contributed by atoms with E-state index < -0.39 is 15.9 Å². The highest BCUT2D eigenvalue weighted by molar-refractivity contribution is 7.89. The largest absolute Gasteiger partial charge is 0.482 e. The zero-order valence-electron chi connectivity index (χ0n) is 15.0. The minimum atomic E-state index is -3.66. The molecule has 0 unspecified atom stereocenters. The van der Waals surface area contributed by atoms with Gasteiger partial charge in [0.1, 0.15) is 5.75 Å². The molecule has 2 aromatic rings. The highest BCUT2D eigenvalue weighted by Crippen LogP contribution is 2.27. The number of halogens is 2. The molecule has 0 aliphatic heterocycles. The van der Waals surface area contributed by atoms with Crippen molar-refractivity contribution in [3.05, 3.63) is 52.0 Å². The standard InChI is InChI=1S/C18H20Cl2N2O4S/c1-11(2)22-27(24,25)14-6-7-17(16(20)9-14)26-10-18(23)21-13-5-4-12(3)15(19)8-13/h4-9,11,22H,10H2,1-3H3,(H,21,23). The molecule has 6 nitrogen and oxygen atoms in total. The Labute approximate surface area is 168 Å². The van der Waals surface area contributed by atoms with Crippen molar-refractivity contribution in [2.75, 3.05) is 11.9 Å². The smallest absolute Gasteiger partial charge is 0.262 e. The Hall–Kier alpha value is -1.80. The summed E-state index contributed by atoms with van der Waals surface area (Å²) >= 11 is 12.1. The van der Waals surface area contributed by atoms with E-state index in [1.54, 1.807) is 32.0 Å². The first kappa shape index (κ1) is 21.5. The van der Waals surface area contributed by atoms with Crippen LogP contribution in [0.5, 0.6) is 5.75 Å². The topological polar surface area (TPSA) is 84.5 Å². The molecule has 1 amide bonds. The van der Waals surface area contributed by atoms with Gasteiger partial charge in [-0.15, -0.1) is 0 Å². The number of benzene rings is 2. The van der Waals surface area contributed by atoms with Crippen LogP contribution in [0.3, 0.4) is 0 Å². The maximum atomic E-state index is 12.1. The summed E-state index contributed by atoms with van der Waals surface area (Å²) in [7, 11) is -3.66. The van der Waals surface area contributed by atoms with Crippen LogP contribution < -0.4 is 14.8 Å². The Morgan fingerprint density at radius 3 is 2.41 bits per heavy atom. The molecule has 0 aromatic heterocycles. The van der Waals surface area contributed by atoms with Gasteiger partial charge in [-0.2, -0.15) is 0 Å². The SMILES string of the molecule is Cc1ccc(NC(=O)COc2ccc(S(=O)(=O)NC(C)C)cc2Cl)cc1Cl. The number of rotatable bonds is 7. The fourth-order valence-electron chi connectivity index (χ4n) is 2.16. The van der Waals surface area contributed by atoms with Crippen molar-refractivity contribution in [2.45, 2.75) is 31.7 Å². The number of nitrogens with one attached hydrogen (secondary N) is 2. The molecule has 0 saturated heterocycles. The summed E-state index contributed by atoms with van der Waals surface area (Å²) in [5, 5.41) is 3.30. The minimum Gasteiger partial charge on any atom is -0.482 e. The maximum Gasteiger partial charge on any atom is 0.262 e. The van der Waals surface area contributed by atoms with Crippen LogP contribution in [0.1, 0.15) is 19.4 Å². The summed E-state index contributed by atoms with van der Waals surface area (Å²) in [5.41, 5.74) is 1.45. The summed E-state index contributed by atoms with van der Waals surface area (Å²) in [6, 6.07) is 8.97. The van der Waals surface area contributed by atoms with Gasteiger partial charge in [-0.05, 0) is 56.7 Å². The third-order valence-electron chi connectivity index (χ3n) is 3.42. The highest BCUT2D eigenvalue weighted by atomic mass is 35.5. The number of hydrogen-bond donors (Lipinski definition) is 2. The summed E-state index contributed by atoms with van der Waals surface area (Å²) in [5.74, 6) is -0.193. The van der Waals surface area contributed by atoms with E-state index in [9.17, 15) is 13.2 Å². The third-order valence-corrected chi connectivity index (χ3v) is 5.78. The molecule has 0 fully saturated rings. The molecule has 9 heteroatoms. The Kier molecular flexibility index (Phi) is 7.11. The molecule has 2 N–H and O–H groups in total. The number of sulfonamides is 1. The number of hydrogen-bond acceptors (Lipinski definition) is 4. The van der Waals surface area contributed by atoms with Crippen molar-refractivity contribution in [3.63, 3.8) is 0 Å². The molecule has 2 rings (SSSR count). The van der Waals surface area contributed by atoms with Crippen LogP contribution in [0.25, 0.3) is 0 Å². The van der Waals surface area contributed by atoms with E-state index >= 15 is 0 Å². The molecule has 0 saturated carbocycles. The number of anilines is 1. The third kappa shape index (κ3) is 6.10. The van der Waals surface area contributed by atoms with Gasteiger partial charge < -0.3 is 10.1 Å². The van der Waals surface area contributed by atoms with Gasteiger partial charge in [0.25, 0.3) is 5.91 Å². The zero-order valence-corrected chi connectivity index (χ0v) is 17.4. The molecule has 27 heavy (non-hydrogen) atoms. The predicted molar refractivity (Wildman–Crippen MR) is 107 cm³/mol. The van der Waals surface area contributed by atoms with Gasteiger partial charge in [0.05, 0.1) is 9.92 Å². The van der Waals surface area contributed by atoms with Gasteiger partial charge in [0, 0.05) is 16.8 Å². The molecule has 0 atom stereocenters. The molecule has 146 valence electrons. The van der Waals surface area contributed by atoms with Crippen molar-refractivity contribution in [2.24, 2.45) is 0 Å². The Morgan fingerprint density at radius 2 is 1.81 bits per heavy atom. The average Bonchev–Trinajstić information content (AvgIpc) is 2.56. The highest BCUT2D eigenvalue weighted by Gasteiger charge is 2.17. The second kappa shape index (κ2) is 8.93. The van der Waals surface area contributed by atoms with Gasteiger partial charge in [0.2, 0.25) is 10.0 Å². The first-order chi connectivity index (χ1) is 12.6. The molecule has 0 aliphatic rings. The van der Waals surface area contributed by atoms with E-state index in [4.69, 9.17) is 27.9 Å². The van der Waals surface area contributed by atoms with Gasteiger partial charge in [-0.1, -0.05) is 29.3 Å². The molecular formula is C18H20Cl2N2O4S. The van der Waals surface area contributed by atoms with Crippen LogP contribution in [-0.2, 0) is 14.8 Å². The van der Waals surface area contributed by atoms with Crippen LogP contribution in [0.2, 0.25) is 10.0 Å². The summed E-state index contributed by atoms with van der Waals surface area (Å²) in [6.07, 6.45) is 0. The van der Waals surface area contributed by atoms with E-state index in [-0.39, 0.29) is 28.3 Å². The minimum absolute atomic E-state index is 0.0206. The number of carbonyl (C=O) groups excluding carboxylic acids is 1. The lowest BCUT2D eigenvalue weighted by Gasteiger charge is -2.12. The maximum absolute atomic E-state index is 12.1. The quantitative estimate of drug-likeness (QED) is 0.694. The lowest BCUT2D eigenvalue weighted by molar-refractivity contribution is -0.118. The van der Waals surface area contributed by atoms with Crippen molar-refractivity contribution in [1.82, 2.24) is 4.72 Å². The zero-order chi connectivity index (χ0) is 20.2. The number of amides is 1. The van der Waals surface area contributed by atoms with Crippen molar-refractivity contribution in [3.8, 4) is 5.75 Å². The van der Waals surface area contributed by atoms with Crippen molar-refractivity contribution < 1.29 is 17.9 Å². The molecule has 0 radical (unpaired) electrons. The van der Waals surface area contributed by atoms with Gasteiger partial charge in [-0.3, -0.25) is 4.79 Å². The molecular weight excluding hydrogens is 411 g/mol. The number of carbonyl (C=O) groups is 1. The van der Waals surface area contributed by atoms with Gasteiger partial charge >= 0.3 is 0 Å². The van der Waals surface area contributed by atoms with Crippen molar-refractivity contribution in [1.29, 1.82) is 0 Å². The van der Waals surface area contributed by atoms with Gasteiger partial charge in [0.15, 0.2) is 6.61 Å². The van der Waals surface area contributed by atoms with Gasteiger partial charge in [-0.25, -0.2) is 13.1 Å². The monoisotopic (exact) mass is 430 g/mol. The van der Waals surface area contributed by atoms with Crippen LogP contribution in [0, 0.1) is 6.92 Å². The predicted octanol–water partition coefficient (Wildman–Crippen LogP) is 4.01. The molecule has 0 bridgehead atoms. The van der Waals surface area contributed by atoms with E-state index in [0.717, 1.165) is 5.56 Å². The molecule has 0 heterocycles. The number of ether oxygens (including phenoxy) is 1. The van der Waals surface area contributed by atoms with Crippen LogP contribution in [-0.4, -0.2) is 27.0 Å². The second-order valence-corrected chi connectivity index (χ2v) is 8.70. The van der Waals surface area contributed by atoms with Crippen LogP contribution >= 0.6 is 23.2 Å². The van der Waals surface area contributed by atoms with Crippen molar-refractivity contribution >= 4 is 44.8 Å².